The Hall–Kier alpha value is -3.57. The lowest BCUT2D eigenvalue weighted by atomic mass is 9.58. The molecule has 2 aromatic carbocycles. The number of aliphatic hydroxyl groups is 3. The summed E-state index contributed by atoms with van der Waals surface area (Å²) in [5, 5.41) is 47.1. The number of Topliss-reactive ketones (excluding diaryl/α,β-unsaturated/α-hetero) is 3. The van der Waals surface area contributed by atoms with E-state index in [2.05, 4.69) is 16.8 Å². The Kier molecular flexibility index (Phi) is 6.81. The highest BCUT2D eigenvalue weighted by atomic mass is 16.3. The molecule has 222 valence electrons. The van der Waals surface area contributed by atoms with Gasteiger partial charge in [-0.3, -0.25) is 24.2 Å². The summed E-state index contributed by atoms with van der Waals surface area (Å²) in [4.78, 5) is 46.2. The quantitative estimate of drug-likeness (QED) is 0.401. The first-order chi connectivity index (χ1) is 19.8. The van der Waals surface area contributed by atoms with Crippen molar-refractivity contribution in [3.05, 3.63) is 63.6 Å². The molecule has 42 heavy (non-hydrogen) atoms. The molecule has 2 aromatic rings. The second-order valence-electron chi connectivity index (χ2n) is 12.5. The highest BCUT2D eigenvalue weighted by Gasteiger charge is 2.63. The molecule has 10 nitrogen and oxygen atoms in total. The van der Waals surface area contributed by atoms with Gasteiger partial charge in [-0.05, 0) is 69.4 Å². The van der Waals surface area contributed by atoms with Gasteiger partial charge in [0, 0.05) is 49.6 Å². The third-order valence-corrected chi connectivity index (χ3v) is 9.70. The van der Waals surface area contributed by atoms with Crippen molar-refractivity contribution >= 4 is 28.1 Å². The van der Waals surface area contributed by atoms with Gasteiger partial charge in [-0.25, -0.2) is 0 Å². The summed E-state index contributed by atoms with van der Waals surface area (Å²) in [5.41, 5.74) is -1.59. The van der Waals surface area contributed by atoms with Crippen molar-refractivity contribution in [3.63, 3.8) is 0 Å². The summed E-state index contributed by atoms with van der Waals surface area (Å²) < 4.78 is 0. The largest absolute Gasteiger partial charge is 0.510 e. The van der Waals surface area contributed by atoms with Crippen LogP contribution in [-0.2, 0) is 22.6 Å². The fourth-order valence-corrected chi connectivity index (χ4v) is 7.53. The molecule has 0 unspecified atom stereocenters. The van der Waals surface area contributed by atoms with E-state index in [1.807, 2.05) is 24.3 Å². The number of nitrogens with zero attached hydrogens (tertiary/aromatic N) is 3. The van der Waals surface area contributed by atoms with E-state index in [1.165, 1.54) is 0 Å². The summed E-state index contributed by atoms with van der Waals surface area (Å²) in [6.07, 6.45) is 0.394. The number of piperazine rings is 1. The Labute approximate surface area is 244 Å². The SMILES string of the molecule is CC(=O)C1=C(O)[C@@H](N(C)C)[C@@H]2C[C@@H]3Cc4cc5ccc(CN6CCN(C)CC6)cc5c(O)c4C(=O)C3=C(O)[C@]2(O)C1=O. The molecule has 0 radical (unpaired) electrons. The van der Waals surface area contributed by atoms with Gasteiger partial charge in [0.2, 0.25) is 5.78 Å². The van der Waals surface area contributed by atoms with Crippen LogP contribution in [0.15, 0.2) is 46.9 Å². The van der Waals surface area contributed by atoms with Crippen LogP contribution >= 0.6 is 0 Å². The number of benzene rings is 2. The Morgan fingerprint density at radius 2 is 1.76 bits per heavy atom. The molecule has 3 aliphatic carbocycles. The molecule has 0 amide bonds. The van der Waals surface area contributed by atoms with Gasteiger partial charge in [0.1, 0.15) is 22.8 Å². The van der Waals surface area contributed by atoms with Crippen LogP contribution in [0.4, 0.5) is 0 Å². The predicted molar refractivity (Wildman–Crippen MR) is 155 cm³/mol. The number of aromatic hydroxyl groups is 1. The molecule has 4 aliphatic rings. The number of allylic oxidation sites excluding steroid dienone is 1. The van der Waals surface area contributed by atoms with E-state index >= 15 is 0 Å². The van der Waals surface area contributed by atoms with E-state index < -0.39 is 57.9 Å². The minimum absolute atomic E-state index is 0.0525. The second kappa shape index (κ2) is 10.0. The predicted octanol–water partition coefficient (Wildman–Crippen LogP) is 2.12. The maximum Gasteiger partial charge on any atom is 0.209 e. The molecule has 4 N–H and O–H groups in total. The summed E-state index contributed by atoms with van der Waals surface area (Å²) in [6, 6.07) is 6.82. The van der Waals surface area contributed by atoms with Gasteiger partial charge in [-0.1, -0.05) is 18.2 Å². The molecule has 6 rings (SSSR count). The maximum atomic E-state index is 14.0. The number of carbonyl (C=O) groups excluding carboxylic acids is 3. The lowest BCUT2D eigenvalue weighted by molar-refractivity contribution is -0.148. The summed E-state index contributed by atoms with van der Waals surface area (Å²) >= 11 is 0. The van der Waals surface area contributed by atoms with Crippen molar-refractivity contribution in [2.45, 2.75) is 38.0 Å². The Morgan fingerprint density at radius 3 is 2.40 bits per heavy atom. The Bertz CT molecular complexity index is 1600. The monoisotopic (exact) mass is 575 g/mol. The van der Waals surface area contributed by atoms with Crippen LogP contribution in [0.5, 0.6) is 5.75 Å². The zero-order valence-electron chi connectivity index (χ0n) is 24.3. The summed E-state index contributed by atoms with van der Waals surface area (Å²) in [7, 11) is 5.39. The average Bonchev–Trinajstić information content (AvgIpc) is 2.92. The maximum absolute atomic E-state index is 14.0. The molecule has 10 heteroatoms. The van der Waals surface area contributed by atoms with Gasteiger partial charge < -0.3 is 25.3 Å². The van der Waals surface area contributed by atoms with Crippen LogP contribution < -0.4 is 0 Å². The normalized spacial score (nSPS) is 28.8. The first kappa shape index (κ1) is 28.5. The molecule has 1 aliphatic heterocycles. The Balaban J connectivity index is 1.43. The van der Waals surface area contributed by atoms with Crippen LogP contribution in [0.25, 0.3) is 10.8 Å². The molecular formula is C32H37N3O7. The van der Waals surface area contributed by atoms with Crippen molar-refractivity contribution in [1.29, 1.82) is 0 Å². The van der Waals surface area contributed by atoms with E-state index in [1.54, 1.807) is 19.0 Å². The molecule has 0 saturated carbocycles. The van der Waals surface area contributed by atoms with Crippen molar-refractivity contribution < 1.29 is 34.8 Å². The number of ketones is 3. The number of hydrogen-bond acceptors (Lipinski definition) is 10. The number of rotatable bonds is 4. The van der Waals surface area contributed by atoms with Crippen molar-refractivity contribution in [2.24, 2.45) is 11.8 Å². The molecular weight excluding hydrogens is 538 g/mol. The zero-order chi connectivity index (χ0) is 30.2. The van der Waals surface area contributed by atoms with Crippen LogP contribution in [-0.4, -0.2) is 111 Å². The number of phenolic OH excluding ortho intramolecular Hbond substituents is 1. The molecule has 1 saturated heterocycles. The van der Waals surface area contributed by atoms with E-state index in [4.69, 9.17) is 0 Å². The van der Waals surface area contributed by atoms with E-state index in [-0.39, 0.29) is 29.7 Å². The lowest BCUT2D eigenvalue weighted by Crippen LogP contribution is -2.63. The number of fused-ring (bicyclic) bond motifs is 4. The van der Waals surface area contributed by atoms with E-state index in [0.29, 0.717) is 17.5 Å². The Morgan fingerprint density at radius 1 is 1.07 bits per heavy atom. The average molecular weight is 576 g/mol. The number of hydrogen-bond donors (Lipinski definition) is 4. The molecule has 1 heterocycles. The number of likely N-dealkylation sites (N-methyl/N-ethyl adjacent to an activating group) is 2. The first-order valence-corrected chi connectivity index (χ1v) is 14.4. The van der Waals surface area contributed by atoms with Crippen molar-refractivity contribution in [2.75, 3.05) is 47.3 Å². The zero-order valence-corrected chi connectivity index (χ0v) is 24.3. The van der Waals surface area contributed by atoms with Gasteiger partial charge in [-0.2, -0.15) is 0 Å². The summed E-state index contributed by atoms with van der Waals surface area (Å²) in [5.74, 6) is -5.51. The fourth-order valence-electron chi connectivity index (χ4n) is 7.53. The number of aliphatic hydroxyl groups excluding tert-OH is 2. The fraction of sp³-hybridized carbons (Fsp3) is 0.469. The second-order valence-corrected chi connectivity index (χ2v) is 12.5. The van der Waals surface area contributed by atoms with Crippen molar-refractivity contribution in [1.82, 2.24) is 14.7 Å². The minimum Gasteiger partial charge on any atom is -0.510 e. The third-order valence-electron chi connectivity index (χ3n) is 9.70. The molecule has 4 atom stereocenters. The van der Waals surface area contributed by atoms with Crippen LogP contribution in [0.1, 0.15) is 34.8 Å². The minimum atomic E-state index is -2.57. The summed E-state index contributed by atoms with van der Waals surface area (Å²) in [6.45, 7) is 5.66. The smallest absolute Gasteiger partial charge is 0.209 e. The lowest BCUT2D eigenvalue weighted by Gasteiger charge is -2.50. The molecule has 1 fully saturated rings. The van der Waals surface area contributed by atoms with Gasteiger partial charge in [0.25, 0.3) is 0 Å². The van der Waals surface area contributed by atoms with Crippen LogP contribution in [0.2, 0.25) is 0 Å². The number of carbonyl (C=O) groups is 3. The molecule has 0 aromatic heterocycles. The highest BCUT2D eigenvalue weighted by molar-refractivity contribution is 6.25. The van der Waals surface area contributed by atoms with Crippen molar-refractivity contribution in [3.8, 4) is 5.75 Å². The topological polar surface area (TPSA) is 142 Å². The van der Waals surface area contributed by atoms with E-state index in [0.717, 1.165) is 44.1 Å². The molecule has 0 bridgehead atoms. The molecule has 0 spiro atoms. The van der Waals surface area contributed by atoms with Crippen LogP contribution in [0, 0.1) is 11.8 Å². The highest BCUT2D eigenvalue weighted by Crippen LogP contribution is 2.52. The van der Waals surface area contributed by atoms with Crippen LogP contribution in [0.3, 0.4) is 0 Å². The standard InChI is InChI=1S/C32H37N3O7/c1-16(36)23-29(39)26(33(2)3)22-14-20-13-19-12-18-6-5-17(15-35-9-7-34(4)8-10-35)11-21(18)27(37)24(19)28(38)25(20)31(41)32(22,42)30(23)40/h5-6,11-12,20,22,26,37,39,41-42H,7-10,13-15H2,1-4H3/t20-,22-,26-,32+/m0/s1. The number of phenols is 1. The third kappa shape index (κ3) is 4.11. The van der Waals surface area contributed by atoms with Gasteiger partial charge in [0.05, 0.1) is 11.6 Å². The van der Waals surface area contributed by atoms with Gasteiger partial charge in [0.15, 0.2) is 17.2 Å². The van der Waals surface area contributed by atoms with Gasteiger partial charge >= 0.3 is 0 Å². The first-order valence-electron chi connectivity index (χ1n) is 14.4. The van der Waals surface area contributed by atoms with E-state index in [9.17, 15) is 34.8 Å². The van der Waals surface area contributed by atoms with Gasteiger partial charge in [-0.15, -0.1) is 0 Å².